The van der Waals surface area contributed by atoms with Crippen LogP contribution in [0.25, 0.3) is 22.8 Å². The number of carboxylic acid groups (broad SMARTS) is 1. The summed E-state index contributed by atoms with van der Waals surface area (Å²) in [6, 6.07) is 11.8. The SMILES string of the molecule is COc1ccc(-c2c[nH]cc(C(=O)Nc3ccc4c(c3)NC(=O)/C4=C\c3[nH]c(C)c(C(=O)O)c3C)c2=O)cc1. The van der Waals surface area contributed by atoms with E-state index < -0.39 is 17.3 Å². The number of carbonyl (C=O) groups is 3. The second-order valence-corrected chi connectivity index (χ2v) is 9.04. The molecule has 10 heteroatoms. The van der Waals surface area contributed by atoms with Gasteiger partial charge < -0.3 is 30.4 Å². The summed E-state index contributed by atoms with van der Waals surface area (Å²) < 4.78 is 5.15. The second-order valence-electron chi connectivity index (χ2n) is 9.04. The van der Waals surface area contributed by atoms with Crippen LogP contribution in [0.3, 0.4) is 0 Å². The summed E-state index contributed by atoms with van der Waals surface area (Å²) in [5.41, 5.74) is 3.99. The Bertz CT molecular complexity index is 1740. The number of benzene rings is 2. The molecule has 4 aromatic rings. The Balaban J connectivity index is 1.41. The lowest BCUT2D eigenvalue weighted by atomic mass is 10.0. The molecule has 196 valence electrons. The zero-order chi connectivity index (χ0) is 27.8. The minimum Gasteiger partial charge on any atom is -0.497 e. The summed E-state index contributed by atoms with van der Waals surface area (Å²) in [6.07, 6.45) is 4.48. The molecule has 0 bridgehead atoms. The third-order valence-corrected chi connectivity index (χ3v) is 6.63. The molecule has 5 rings (SSSR count). The highest BCUT2D eigenvalue weighted by molar-refractivity contribution is 6.35. The van der Waals surface area contributed by atoms with E-state index in [2.05, 4.69) is 20.6 Å². The van der Waals surface area contributed by atoms with Crippen molar-refractivity contribution in [1.29, 1.82) is 0 Å². The molecule has 0 fully saturated rings. The van der Waals surface area contributed by atoms with Crippen LogP contribution in [0.2, 0.25) is 0 Å². The van der Waals surface area contributed by atoms with Crippen LogP contribution < -0.4 is 20.8 Å². The number of anilines is 2. The van der Waals surface area contributed by atoms with Crippen LogP contribution in [0.1, 0.15) is 43.2 Å². The van der Waals surface area contributed by atoms with Crippen molar-refractivity contribution in [3.63, 3.8) is 0 Å². The number of amides is 2. The maximum Gasteiger partial charge on any atom is 0.337 e. The van der Waals surface area contributed by atoms with Crippen LogP contribution in [0.4, 0.5) is 11.4 Å². The van der Waals surface area contributed by atoms with Gasteiger partial charge in [0.15, 0.2) is 0 Å². The first-order valence-electron chi connectivity index (χ1n) is 11.9. The van der Waals surface area contributed by atoms with Crippen molar-refractivity contribution in [3.8, 4) is 16.9 Å². The number of aryl methyl sites for hydroxylation is 1. The second kappa shape index (κ2) is 9.82. The Hall–Kier alpha value is -5.38. The Labute approximate surface area is 222 Å². The van der Waals surface area contributed by atoms with E-state index in [4.69, 9.17) is 4.74 Å². The van der Waals surface area contributed by atoms with Crippen molar-refractivity contribution in [1.82, 2.24) is 9.97 Å². The lowest BCUT2D eigenvalue weighted by molar-refractivity contribution is -0.110. The van der Waals surface area contributed by atoms with Crippen molar-refractivity contribution in [2.45, 2.75) is 13.8 Å². The number of aromatic nitrogens is 2. The van der Waals surface area contributed by atoms with Gasteiger partial charge in [0.1, 0.15) is 11.3 Å². The molecule has 0 radical (unpaired) electrons. The summed E-state index contributed by atoms with van der Waals surface area (Å²) in [5.74, 6) is -1.36. The van der Waals surface area contributed by atoms with Crippen molar-refractivity contribution in [2.75, 3.05) is 17.7 Å². The molecule has 2 aromatic heterocycles. The van der Waals surface area contributed by atoms with E-state index in [9.17, 15) is 24.3 Å². The van der Waals surface area contributed by atoms with Crippen LogP contribution in [-0.4, -0.2) is 40.0 Å². The number of pyridine rings is 1. The van der Waals surface area contributed by atoms with Gasteiger partial charge in [-0.15, -0.1) is 0 Å². The highest BCUT2D eigenvalue weighted by Crippen LogP contribution is 2.36. The number of fused-ring (bicyclic) bond motifs is 1. The zero-order valence-electron chi connectivity index (χ0n) is 21.3. The molecule has 10 nitrogen and oxygen atoms in total. The molecule has 1 aliphatic rings. The first-order chi connectivity index (χ1) is 18.7. The fraction of sp³-hybridized carbons (Fsp3) is 0.103. The molecular formula is C29H24N4O6. The number of ether oxygens (including phenoxy) is 1. The number of methoxy groups -OCH3 is 1. The number of hydrogen-bond acceptors (Lipinski definition) is 5. The molecule has 0 spiro atoms. The highest BCUT2D eigenvalue weighted by atomic mass is 16.5. The van der Waals surface area contributed by atoms with Crippen molar-refractivity contribution in [2.24, 2.45) is 0 Å². The lowest BCUT2D eigenvalue weighted by Crippen LogP contribution is -2.22. The average molecular weight is 525 g/mol. The molecule has 2 aromatic carbocycles. The summed E-state index contributed by atoms with van der Waals surface area (Å²) in [6.45, 7) is 3.34. The predicted molar refractivity (Wildman–Crippen MR) is 147 cm³/mol. The number of H-pyrrole nitrogens is 2. The van der Waals surface area contributed by atoms with Crippen molar-refractivity contribution in [3.05, 3.63) is 98.7 Å². The molecule has 0 aliphatic carbocycles. The maximum absolute atomic E-state index is 13.1. The number of nitrogens with one attached hydrogen (secondary N) is 4. The summed E-state index contributed by atoms with van der Waals surface area (Å²) in [7, 11) is 1.55. The number of hydrogen-bond donors (Lipinski definition) is 5. The number of carboxylic acids is 1. The van der Waals surface area contributed by atoms with E-state index in [1.165, 1.54) is 12.4 Å². The monoisotopic (exact) mass is 524 g/mol. The fourth-order valence-corrected chi connectivity index (χ4v) is 4.64. The van der Waals surface area contributed by atoms with Crippen LogP contribution >= 0.6 is 0 Å². The van der Waals surface area contributed by atoms with Gasteiger partial charge in [0.25, 0.3) is 11.8 Å². The third kappa shape index (κ3) is 4.59. The molecule has 0 atom stereocenters. The van der Waals surface area contributed by atoms with Crippen LogP contribution in [-0.2, 0) is 4.79 Å². The van der Waals surface area contributed by atoms with E-state index in [-0.39, 0.29) is 17.0 Å². The molecular weight excluding hydrogens is 500 g/mol. The van der Waals surface area contributed by atoms with Gasteiger partial charge in [-0.1, -0.05) is 18.2 Å². The summed E-state index contributed by atoms with van der Waals surface area (Å²) >= 11 is 0. The van der Waals surface area contributed by atoms with E-state index in [0.717, 1.165) is 0 Å². The van der Waals surface area contributed by atoms with Gasteiger partial charge in [-0.25, -0.2) is 4.79 Å². The molecule has 1 aliphatic heterocycles. The van der Waals surface area contributed by atoms with Gasteiger partial charge in [0, 0.05) is 40.6 Å². The van der Waals surface area contributed by atoms with Gasteiger partial charge >= 0.3 is 5.97 Å². The maximum atomic E-state index is 13.1. The molecule has 0 saturated heterocycles. The quantitative estimate of drug-likeness (QED) is 0.235. The fourth-order valence-electron chi connectivity index (χ4n) is 4.64. The predicted octanol–water partition coefficient (Wildman–Crippen LogP) is 4.44. The molecule has 3 heterocycles. The van der Waals surface area contributed by atoms with Gasteiger partial charge in [0.2, 0.25) is 5.43 Å². The average Bonchev–Trinajstić information content (AvgIpc) is 3.37. The van der Waals surface area contributed by atoms with E-state index in [1.807, 2.05) is 0 Å². The largest absolute Gasteiger partial charge is 0.497 e. The Kier molecular flexibility index (Phi) is 6.37. The Morgan fingerprint density at radius 1 is 1.00 bits per heavy atom. The van der Waals surface area contributed by atoms with Crippen molar-refractivity contribution >= 4 is 40.8 Å². The first-order valence-corrected chi connectivity index (χ1v) is 11.9. The molecule has 0 unspecified atom stereocenters. The smallest absolute Gasteiger partial charge is 0.337 e. The van der Waals surface area contributed by atoms with Gasteiger partial charge in [-0.2, -0.15) is 0 Å². The topological polar surface area (TPSA) is 153 Å². The summed E-state index contributed by atoms with van der Waals surface area (Å²) in [5, 5.41) is 14.9. The van der Waals surface area contributed by atoms with E-state index in [0.29, 0.717) is 56.3 Å². The Morgan fingerprint density at radius 2 is 1.74 bits per heavy atom. The number of aromatic carboxylic acids is 1. The first kappa shape index (κ1) is 25.3. The normalized spacial score (nSPS) is 13.2. The summed E-state index contributed by atoms with van der Waals surface area (Å²) in [4.78, 5) is 56.3. The third-order valence-electron chi connectivity index (χ3n) is 6.63. The molecule has 0 saturated carbocycles. The zero-order valence-corrected chi connectivity index (χ0v) is 21.3. The van der Waals surface area contributed by atoms with Crippen LogP contribution in [0.15, 0.2) is 59.7 Å². The van der Waals surface area contributed by atoms with E-state index in [1.54, 1.807) is 69.5 Å². The molecule has 5 N–H and O–H groups in total. The van der Waals surface area contributed by atoms with Crippen LogP contribution in [0.5, 0.6) is 5.75 Å². The number of rotatable bonds is 6. The number of carbonyl (C=O) groups excluding carboxylic acids is 2. The minimum absolute atomic E-state index is 0.0692. The van der Waals surface area contributed by atoms with E-state index >= 15 is 0 Å². The van der Waals surface area contributed by atoms with Gasteiger partial charge in [0.05, 0.1) is 23.9 Å². The standard InChI is InChI=1S/C29H24N4O6/c1-14-23(31-15(2)25(14)29(37)38)11-20-19-9-6-17(10-24(19)33-27(20)35)32-28(36)22-13-30-12-21(26(22)34)16-4-7-18(39-3)8-5-16/h4-13,31H,1-3H3,(H,30,34)(H,32,36)(H,33,35)(H,37,38)/b20-11-. The van der Waals surface area contributed by atoms with Gasteiger partial charge in [-0.3, -0.25) is 14.4 Å². The Morgan fingerprint density at radius 3 is 2.41 bits per heavy atom. The highest BCUT2D eigenvalue weighted by Gasteiger charge is 2.26. The van der Waals surface area contributed by atoms with Gasteiger partial charge in [-0.05, 0) is 55.3 Å². The molecule has 39 heavy (non-hydrogen) atoms. The van der Waals surface area contributed by atoms with Crippen LogP contribution in [0, 0.1) is 13.8 Å². The number of aromatic amines is 2. The molecule has 2 amide bonds. The van der Waals surface area contributed by atoms with Crippen molar-refractivity contribution < 1.29 is 24.2 Å². The lowest BCUT2D eigenvalue weighted by Gasteiger charge is -2.09. The minimum atomic E-state index is -1.05.